The molecule has 0 radical (unpaired) electrons. The van der Waals surface area contributed by atoms with Gasteiger partial charge in [-0.05, 0) is 48.9 Å². The van der Waals surface area contributed by atoms with E-state index in [1.54, 1.807) is 0 Å². The molecule has 0 spiro atoms. The molecule has 116 valence electrons. The van der Waals surface area contributed by atoms with Gasteiger partial charge < -0.3 is 5.73 Å². The Hall–Kier alpha value is -2.29. The van der Waals surface area contributed by atoms with E-state index >= 15 is 0 Å². The van der Waals surface area contributed by atoms with E-state index in [-0.39, 0.29) is 5.96 Å². The van der Waals surface area contributed by atoms with Gasteiger partial charge in [0.15, 0.2) is 5.96 Å². The van der Waals surface area contributed by atoms with Gasteiger partial charge in [-0.2, -0.15) is 0 Å². The molecule has 3 nitrogen and oxygen atoms in total. The largest absolute Gasteiger partial charge is 0.369 e. The predicted molar refractivity (Wildman–Crippen MR) is 95.2 cm³/mol. The van der Waals surface area contributed by atoms with E-state index in [1.165, 1.54) is 11.1 Å². The second kappa shape index (κ2) is 6.65. The van der Waals surface area contributed by atoms with E-state index in [9.17, 15) is 0 Å². The average Bonchev–Trinajstić information content (AvgIpc) is 2.50. The van der Waals surface area contributed by atoms with Crippen molar-refractivity contribution in [2.45, 2.75) is 40.5 Å². The number of nitrogens with zero attached hydrogens (tertiary/aromatic N) is 1. The summed E-state index contributed by atoms with van der Waals surface area (Å²) in [6, 6.07) is 12.5. The smallest absolute Gasteiger partial charge is 0.197 e. The third-order valence-electron chi connectivity index (χ3n) is 4.09. The number of hydrogen-bond donors (Lipinski definition) is 2. The zero-order chi connectivity index (χ0) is 16.3. The molecule has 0 heterocycles. The number of hydrogen-bond acceptors (Lipinski definition) is 1. The van der Waals surface area contributed by atoms with E-state index < -0.39 is 0 Å². The zero-order valence-electron chi connectivity index (χ0n) is 13.9. The molecule has 0 atom stereocenters. The van der Waals surface area contributed by atoms with Crippen LogP contribution in [-0.4, -0.2) is 5.96 Å². The summed E-state index contributed by atoms with van der Waals surface area (Å²) < 4.78 is 0. The van der Waals surface area contributed by atoms with Crippen LogP contribution >= 0.6 is 0 Å². The Morgan fingerprint density at radius 3 is 1.64 bits per heavy atom. The van der Waals surface area contributed by atoms with Crippen molar-refractivity contribution in [1.29, 1.82) is 5.41 Å². The molecular weight excluding hydrogens is 270 g/mol. The number of para-hydroxylation sites is 2. The number of anilines is 2. The Labute approximate surface area is 133 Å². The van der Waals surface area contributed by atoms with Crippen LogP contribution in [0.1, 0.15) is 36.1 Å². The molecule has 0 bridgehead atoms. The summed E-state index contributed by atoms with van der Waals surface area (Å²) in [7, 11) is 0. The second-order valence-corrected chi connectivity index (χ2v) is 5.59. The minimum Gasteiger partial charge on any atom is -0.369 e. The van der Waals surface area contributed by atoms with Gasteiger partial charge in [0, 0.05) is 0 Å². The molecule has 0 aliphatic heterocycles. The van der Waals surface area contributed by atoms with Gasteiger partial charge in [-0.15, -0.1) is 0 Å². The van der Waals surface area contributed by atoms with Crippen LogP contribution in [0.5, 0.6) is 0 Å². The van der Waals surface area contributed by atoms with Crippen LogP contribution in [0.4, 0.5) is 11.4 Å². The Morgan fingerprint density at radius 1 is 0.909 bits per heavy atom. The van der Waals surface area contributed by atoms with E-state index in [0.29, 0.717) is 0 Å². The first-order valence-electron chi connectivity index (χ1n) is 7.82. The number of aryl methyl sites for hydroxylation is 4. The summed E-state index contributed by atoms with van der Waals surface area (Å²) >= 11 is 0. The number of guanidine groups is 1. The highest BCUT2D eigenvalue weighted by Crippen LogP contribution is 2.36. The highest BCUT2D eigenvalue weighted by molar-refractivity contribution is 6.02. The first-order valence-corrected chi connectivity index (χ1v) is 7.82. The fourth-order valence-corrected chi connectivity index (χ4v) is 3.00. The summed E-state index contributed by atoms with van der Waals surface area (Å²) in [5.41, 5.74) is 12.8. The molecule has 3 heteroatoms. The summed E-state index contributed by atoms with van der Waals surface area (Å²) in [6.45, 7) is 8.42. The van der Waals surface area contributed by atoms with Gasteiger partial charge in [-0.25, -0.2) is 0 Å². The van der Waals surface area contributed by atoms with Crippen LogP contribution in [0.3, 0.4) is 0 Å². The van der Waals surface area contributed by atoms with Crippen LogP contribution in [0.25, 0.3) is 0 Å². The average molecular weight is 295 g/mol. The molecule has 22 heavy (non-hydrogen) atoms. The summed E-state index contributed by atoms with van der Waals surface area (Å²) in [4.78, 5) is 1.91. The second-order valence-electron chi connectivity index (χ2n) is 5.59. The minimum absolute atomic E-state index is 0.0630. The van der Waals surface area contributed by atoms with E-state index in [0.717, 1.165) is 35.3 Å². The topological polar surface area (TPSA) is 53.1 Å². The lowest BCUT2D eigenvalue weighted by atomic mass is 10.00. The predicted octanol–water partition coefficient (Wildman–Crippen LogP) is 4.46. The minimum atomic E-state index is 0.0630. The molecule has 0 aliphatic rings. The quantitative estimate of drug-likeness (QED) is 0.646. The Kier molecular flexibility index (Phi) is 4.86. The molecular formula is C19H25N3. The molecule has 2 rings (SSSR count). The number of nitrogens with one attached hydrogen (secondary N) is 1. The molecule has 3 N–H and O–H groups in total. The van der Waals surface area contributed by atoms with Gasteiger partial charge in [0.05, 0.1) is 11.4 Å². The molecule has 0 aliphatic carbocycles. The molecule has 0 unspecified atom stereocenters. The molecule has 0 aromatic heterocycles. The van der Waals surface area contributed by atoms with Crippen LogP contribution in [0.2, 0.25) is 0 Å². The molecule has 0 saturated carbocycles. The number of nitrogens with two attached hydrogens (primary N) is 1. The van der Waals surface area contributed by atoms with Crippen LogP contribution < -0.4 is 10.6 Å². The Morgan fingerprint density at radius 2 is 1.32 bits per heavy atom. The SMILES string of the molecule is CCc1cccc(C)c1N(C(=N)N)c1c(C)cccc1CC. The molecule has 2 aromatic carbocycles. The first-order chi connectivity index (χ1) is 10.5. The lowest BCUT2D eigenvalue weighted by Gasteiger charge is -2.30. The van der Waals surface area contributed by atoms with Crippen molar-refractivity contribution in [3.63, 3.8) is 0 Å². The van der Waals surface area contributed by atoms with Gasteiger partial charge in [-0.3, -0.25) is 10.3 Å². The summed E-state index contributed by atoms with van der Waals surface area (Å²) in [5.74, 6) is 0.0630. The van der Waals surface area contributed by atoms with Crippen molar-refractivity contribution < 1.29 is 0 Å². The highest BCUT2D eigenvalue weighted by atomic mass is 15.2. The summed E-state index contributed by atoms with van der Waals surface area (Å²) in [6.07, 6.45) is 1.82. The van der Waals surface area contributed by atoms with Crippen LogP contribution in [0, 0.1) is 19.3 Å². The van der Waals surface area contributed by atoms with Crippen molar-refractivity contribution in [1.82, 2.24) is 0 Å². The maximum absolute atomic E-state index is 8.17. The van der Waals surface area contributed by atoms with Gasteiger partial charge in [0.2, 0.25) is 0 Å². The van der Waals surface area contributed by atoms with E-state index in [4.69, 9.17) is 11.1 Å². The monoisotopic (exact) mass is 295 g/mol. The lowest BCUT2D eigenvalue weighted by molar-refractivity contribution is 1.07. The summed E-state index contributed by atoms with van der Waals surface area (Å²) in [5, 5.41) is 8.17. The van der Waals surface area contributed by atoms with E-state index in [2.05, 4.69) is 64.1 Å². The highest BCUT2D eigenvalue weighted by Gasteiger charge is 2.21. The number of benzene rings is 2. The first kappa shape index (κ1) is 16.1. The Balaban J connectivity index is 2.76. The third-order valence-corrected chi connectivity index (χ3v) is 4.09. The Bertz CT molecular complexity index is 636. The van der Waals surface area contributed by atoms with Crippen LogP contribution in [0.15, 0.2) is 36.4 Å². The third kappa shape index (κ3) is 2.84. The standard InChI is InChI=1S/C19H25N3/c1-5-15-11-7-9-13(3)17(15)22(19(20)21)18-14(4)10-8-12-16(18)6-2/h7-12H,5-6H2,1-4H3,(H3,20,21). The van der Waals surface area contributed by atoms with Gasteiger partial charge in [0.25, 0.3) is 0 Å². The molecule has 0 amide bonds. The van der Waals surface area contributed by atoms with Gasteiger partial charge >= 0.3 is 0 Å². The van der Waals surface area contributed by atoms with Crippen molar-refractivity contribution >= 4 is 17.3 Å². The zero-order valence-corrected chi connectivity index (χ0v) is 13.9. The van der Waals surface area contributed by atoms with Crippen molar-refractivity contribution in [2.75, 3.05) is 4.90 Å². The fraction of sp³-hybridized carbons (Fsp3) is 0.316. The van der Waals surface area contributed by atoms with Crippen molar-refractivity contribution in [3.05, 3.63) is 58.7 Å². The normalized spacial score (nSPS) is 10.5. The maximum Gasteiger partial charge on any atom is 0.197 e. The van der Waals surface area contributed by atoms with Crippen molar-refractivity contribution in [2.24, 2.45) is 5.73 Å². The van der Waals surface area contributed by atoms with Crippen LogP contribution in [-0.2, 0) is 12.8 Å². The van der Waals surface area contributed by atoms with Gasteiger partial charge in [-0.1, -0.05) is 50.2 Å². The molecule has 2 aromatic rings. The van der Waals surface area contributed by atoms with Crippen molar-refractivity contribution in [3.8, 4) is 0 Å². The lowest BCUT2D eigenvalue weighted by Crippen LogP contribution is -2.34. The van der Waals surface area contributed by atoms with Gasteiger partial charge in [0.1, 0.15) is 0 Å². The fourth-order valence-electron chi connectivity index (χ4n) is 3.00. The maximum atomic E-state index is 8.17. The molecule has 0 fully saturated rings. The molecule has 0 saturated heterocycles. The van der Waals surface area contributed by atoms with E-state index in [1.807, 2.05) is 4.90 Å². The number of rotatable bonds is 4.